The molecule has 0 fully saturated rings. The molecule has 0 aliphatic rings. The van der Waals surface area contributed by atoms with Crippen molar-refractivity contribution < 1.29 is 0 Å². The van der Waals surface area contributed by atoms with Crippen LogP contribution in [0.1, 0.15) is 17.0 Å². The van der Waals surface area contributed by atoms with Crippen molar-refractivity contribution in [2.45, 2.75) is 5.92 Å². The minimum Gasteiger partial charge on any atom is -0.315 e. The summed E-state index contributed by atoms with van der Waals surface area (Å²) in [5.74, 6) is 4.90. The van der Waals surface area contributed by atoms with Crippen LogP contribution in [0.15, 0.2) is 60.7 Å². The lowest BCUT2D eigenvalue weighted by Gasteiger charge is -2.18. The first-order valence-electron chi connectivity index (χ1n) is 7.23. The van der Waals surface area contributed by atoms with E-state index in [4.69, 9.17) is 6.42 Å². The lowest BCUT2D eigenvalue weighted by atomic mass is 9.91. The molecule has 0 unspecified atom stereocenters. The van der Waals surface area contributed by atoms with E-state index in [0.29, 0.717) is 5.92 Å². The average Bonchev–Trinajstić information content (AvgIpc) is 2.56. The number of benzene rings is 2. The zero-order chi connectivity index (χ0) is 14.8. The van der Waals surface area contributed by atoms with Gasteiger partial charge in [0, 0.05) is 24.8 Å². The van der Waals surface area contributed by atoms with Crippen LogP contribution in [0.25, 0.3) is 0 Å². The molecule has 1 N–H and O–H groups in total. The molecule has 0 amide bonds. The van der Waals surface area contributed by atoms with Gasteiger partial charge in [-0.2, -0.15) is 0 Å². The lowest BCUT2D eigenvalue weighted by Crippen LogP contribution is -2.24. The van der Waals surface area contributed by atoms with Crippen LogP contribution in [0.3, 0.4) is 0 Å². The highest BCUT2D eigenvalue weighted by Gasteiger charge is 2.12. The van der Waals surface area contributed by atoms with Crippen molar-refractivity contribution in [2.75, 3.05) is 24.6 Å². The first-order valence-corrected chi connectivity index (χ1v) is 8.39. The fourth-order valence-electron chi connectivity index (χ4n) is 2.32. The smallest absolute Gasteiger partial charge is 0.0545 e. The Bertz CT molecular complexity index is 505. The van der Waals surface area contributed by atoms with Gasteiger partial charge in [-0.25, -0.2) is 0 Å². The van der Waals surface area contributed by atoms with Crippen LogP contribution in [0.5, 0.6) is 0 Å². The maximum Gasteiger partial charge on any atom is 0.0545 e. The van der Waals surface area contributed by atoms with Gasteiger partial charge in [-0.15, -0.1) is 18.2 Å². The molecule has 0 radical (unpaired) electrons. The monoisotopic (exact) mass is 295 g/mol. The summed E-state index contributed by atoms with van der Waals surface area (Å²) < 4.78 is 0. The summed E-state index contributed by atoms with van der Waals surface area (Å²) in [6.45, 7) is 1.94. The van der Waals surface area contributed by atoms with Crippen molar-refractivity contribution in [3.63, 3.8) is 0 Å². The summed E-state index contributed by atoms with van der Waals surface area (Å²) in [6.07, 6.45) is 5.25. The molecule has 21 heavy (non-hydrogen) atoms. The van der Waals surface area contributed by atoms with E-state index in [1.54, 1.807) is 11.8 Å². The van der Waals surface area contributed by atoms with Crippen molar-refractivity contribution in [3.8, 4) is 12.3 Å². The van der Waals surface area contributed by atoms with Gasteiger partial charge in [0.2, 0.25) is 0 Å². The van der Waals surface area contributed by atoms with Gasteiger partial charge < -0.3 is 5.32 Å². The molecule has 108 valence electrons. The lowest BCUT2D eigenvalue weighted by molar-refractivity contribution is 0.661. The highest BCUT2D eigenvalue weighted by molar-refractivity contribution is 7.99. The second-order valence-electron chi connectivity index (χ2n) is 4.83. The molecule has 2 aromatic carbocycles. The Morgan fingerprint density at radius 3 is 2.05 bits per heavy atom. The van der Waals surface area contributed by atoms with Gasteiger partial charge in [0.15, 0.2) is 0 Å². The van der Waals surface area contributed by atoms with Crippen molar-refractivity contribution >= 4 is 11.8 Å². The molecule has 0 aliphatic heterocycles. The Morgan fingerprint density at radius 2 is 1.52 bits per heavy atom. The largest absolute Gasteiger partial charge is 0.315 e. The normalized spacial score (nSPS) is 10.5. The maximum absolute atomic E-state index is 5.25. The molecule has 0 aromatic heterocycles. The van der Waals surface area contributed by atoms with E-state index in [9.17, 15) is 0 Å². The molecule has 0 spiro atoms. The summed E-state index contributed by atoms with van der Waals surface area (Å²) in [6, 6.07) is 21.4. The van der Waals surface area contributed by atoms with Crippen LogP contribution < -0.4 is 5.32 Å². The number of terminal acetylenes is 1. The molecule has 1 nitrogen and oxygen atoms in total. The number of nitrogens with one attached hydrogen (secondary N) is 1. The average molecular weight is 295 g/mol. The van der Waals surface area contributed by atoms with Crippen molar-refractivity contribution in [1.29, 1.82) is 0 Å². The Balaban J connectivity index is 1.96. The zero-order valence-corrected chi connectivity index (χ0v) is 13.0. The molecular formula is C19H21NS. The third kappa shape index (κ3) is 5.30. The Labute approximate surface area is 132 Å². The van der Waals surface area contributed by atoms with E-state index in [1.165, 1.54) is 11.1 Å². The van der Waals surface area contributed by atoms with Crippen LogP contribution in [0.2, 0.25) is 0 Å². The number of thioether (sulfide) groups is 1. The third-order valence-corrected chi connectivity index (χ3v) is 4.22. The second-order valence-corrected chi connectivity index (χ2v) is 5.94. The topological polar surface area (TPSA) is 12.0 Å². The number of rotatable bonds is 8. The van der Waals surface area contributed by atoms with E-state index >= 15 is 0 Å². The molecule has 0 saturated carbocycles. The number of hydrogen-bond donors (Lipinski definition) is 1. The highest BCUT2D eigenvalue weighted by atomic mass is 32.2. The van der Waals surface area contributed by atoms with Crippen LogP contribution in [-0.2, 0) is 0 Å². The van der Waals surface area contributed by atoms with Gasteiger partial charge in [-0.1, -0.05) is 66.6 Å². The summed E-state index contributed by atoms with van der Waals surface area (Å²) in [5.41, 5.74) is 2.71. The first kappa shape index (κ1) is 15.7. The van der Waals surface area contributed by atoms with E-state index in [-0.39, 0.29) is 0 Å². The fraction of sp³-hybridized carbons (Fsp3) is 0.263. The van der Waals surface area contributed by atoms with Gasteiger partial charge in [0.1, 0.15) is 0 Å². The summed E-state index contributed by atoms with van der Waals surface area (Å²) in [5, 5.41) is 3.55. The van der Waals surface area contributed by atoms with Crippen molar-refractivity contribution in [2.24, 2.45) is 0 Å². The van der Waals surface area contributed by atoms with Crippen molar-refractivity contribution in [3.05, 3.63) is 71.8 Å². The molecule has 0 heterocycles. The highest BCUT2D eigenvalue weighted by Crippen LogP contribution is 2.23. The molecule has 0 atom stereocenters. The van der Waals surface area contributed by atoms with Crippen LogP contribution in [0, 0.1) is 12.3 Å². The Hall–Kier alpha value is -1.69. The maximum atomic E-state index is 5.25. The summed E-state index contributed by atoms with van der Waals surface area (Å²) >= 11 is 1.80. The standard InChI is InChI=1S/C19H21NS/c1-2-14-21-15-13-20-16-19(17-9-5-3-6-10-17)18-11-7-4-8-12-18/h1,3-12,19-20H,13-16H2. The quantitative estimate of drug-likeness (QED) is 0.587. The van der Waals surface area contributed by atoms with E-state index < -0.39 is 0 Å². The minimum atomic E-state index is 0.394. The zero-order valence-electron chi connectivity index (χ0n) is 12.2. The Kier molecular flexibility index (Phi) is 6.94. The van der Waals surface area contributed by atoms with Crippen LogP contribution in [0.4, 0.5) is 0 Å². The van der Waals surface area contributed by atoms with Gasteiger partial charge in [0.25, 0.3) is 0 Å². The third-order valence-electron chi connectivity index (χ3n) is 3.36. The molecule has 2 aromatic rings. The van der Waals surface area contributed by atoms with Gasteiger partial charge >= 0.3 is 0 Å². The summed E-state index contributed by atoms with van der Waals surface area (Å²) in [7, 11) is 0. The molecule has 0 saturated heterocycles. The second kappa shape index (κ2) is 9.28. The molecule has 2 heteroatoms. The predicted octanol–water partition coefficient (Wildman–Crippen LogP) is 3.77. The SMILES string of the molecule is C#CCSCCNCC(c1ccccc1)c1ccccc1. The van der Waals surface area contributed by atoms with Gasteiger partial charge in [0.05, 0.1) is 5.75 Å². The minimum absolute atomic E-state index is 0.394. The fourth-order valence-corrected chi connectivity index (χ4v) is 2.87. The van der Waals surface area contributed by atoms with E-state index in [1.807, 2.05) is 0 Å². The molecule has 0 aliphatic carbocycles. The van der Waals surface area contributed by atoms with Crippen molar-refractivity contribution in [1.82, 2.24) is 5.32 Å². The molecule has 2 rings (SSSR count). The summed E-state index contributed by atoms with van der Waals surface area (Å²) in [4.78, 5) is 0. The molecule has 0 bridgehead atoms. The Morgan fingerprint density at radius 1 is 0.952 bits per heavy atom. The predicted molar refractivity (Wildman–Crippen MR) is 93.8 cm³/mol. The molecular weight excluding hydrogens is 274 g/mol. The number of hydrogen-bond acceptors (Lipinski definition) is 2. The van der Waals surface area contributed by atoms with E-state index in [0.717, 1.165) is 24.6 Å². The van der Waals surface area contributed by atoms with E-state index in [2.05, 4.69) is 71.9 Å². The van der Waals surface area contributed by atoms with Gasteiger partial charge in [-0.05, 0) is 11.1 Å². The van der Waals surface area contributed by atoms with Crippen LogP contribution in [-0.4, -0.2) is 24.6 Å². The van der Waals surface area contributed by atoms with Crippen LogP contribution >= 0.6 is 11.8 Å². The first-order chi connectivity index (χ1) is 10.4. The van der Waals surface area contributed by atoms with Gasteiger partial charge in [-0.3, -0.25) is 0 Å².